The van der Waals surface area contributed by atoms with Gasteiger partial charge in [0, 0.05) is 40.3 Å². The lowest BCUT2D eigenvalue weighted by atomic mass is 10.3. The van der Waals surface area contributed by atoms with Crippen molar-refractivity contribution in [2.75, 3.05) is 63.4 Å². The molecule has 0 amide bonds. The molecule has 0 spiro atoms. The van der Waals surface area contributed by atoms with Gasteiger partial charge in [0.25, 0.3) is 0 Å². The van der Waals surface area contributed by atoms with Gasteiger partial charge in [-0.3, -0.25) is 0 Å². The fourth-order valence-corrected chi connectivity index (χ4v) is 1.96. The average molecular weight is 251 g/mol. The van der Waals surface area contributed by atoms with E-state index in [0.717, 1.165) is 32.0 Å². The molecule has 18 heavy (non-hydrogen) atoms. The number of hydrogen-bond donors (Lipinski definition) is 2. The van der Waals surface area contributed by atoms with Crippen LogP contribution in [0.15, 0.2) is 6.33 Å². The number of hydrazine groups is 1. The number of hydrogen-bond acceptors (Lipinski definition) is 7. The van der Waals surface area contributed by atoms with Crippen LogP contribution in [0.2, 0.25) is 0 Å². The van der Waals surface area contributed by atoms with E-state index in [4.69, 9.17) is 5.73 Å². The molecule has 1 fully saturated rings. The first-order valence-corrected chi connectivity index (χ1v) is 6.06. The molecular formula is C11H21N7. The van der Waals surface area contributed by atoms with Gasteiger partial charge in [-0.25, -0.2) is 15.0 Å². The Morgan fingerprint density at radius 1 is 1.22 bits per heavy atom. The highest BCUT2D eigenvalue weighted by Crippen LogP contribution is 2.26. The molecule has 0 aromatic carbocycles. The third-order valence-corrected chi connectivity index (χ3v) is 3.00. The Bertz CT molecular complexity index is 398. The van der Waals surface area contributed by atoms with E-state index < -0.39 is 0 Å². The lowest BCUT2D eigenvalue weighted by Crippen LogP contribution is -2.45. The monoisotopic (exact) mass is 251 g/mol. The molecule has 1 aliphatic heterocycles. The zero-order valence-electron chi connectivity index (χ0n) is 11.2. The predicted molar refractivity (Wildman–Crippen MR) is 73.5 cm³/mol. The summed E-state index contributed by atoms with van der Waals surface area (Å²) in [7, 11) is 5.92. The number of nitrogens with zero attached hydrogens (tertiary/aromatic N) is 5. The molecule has 0 unspecified atom stereocenters. The third-order valence-electron chi connectivity index (χ3n) is 3.00. The molecule has 7 heteroatoms. The molecule has 0 radical (unpaired) electrons. The number of aromatic nitrogens is 2. The maximum Gasteiger partial charge on any atom is 0.169 e. The largest absolute Gasteiger partial charge is 0.393 e. The standard InChI is InChI=1S/C11H21N7/c1-16(2)15-10-9(12)11(14-8-13-10)18-6-4-17(3)5-7-18/h8H,4-7,12H2,1-3H3,(H,13,14,15). The van der Waals surface area contributed by atoms with E-state index in [1.54, 1.807) is 6.33 Å². The minimum Gasteiger partial charge on any atom is -0.393 e. The fourth-order valence-electron chi connectivity index (χ4n) is 1.96. The Kier molecular flexibility index (Phi) is 3.83. The van der Waals surface area contributed by atoms with Crippen LogP contribution in [0.1, 0.15) is 0 Å². The van der Waals surface area contributed by atoms with Gasteiger partial charge in [0.15, 0.2) is 11.6 Å². The van der Waals surface area contributed by atoms with E-state index in [0.29, 0.717) is 11.5 Å². The van der Waals surface area contributed by atoms with Crippen LogP contribution in [0, 0.1) is 0 Å². The number of rotatable bonds is 3. The number of nitrogen functional groups attached to an aromatic ring is 1. The molecule has 1 aliphatic rings. The summed E-state index contributed by atoms with van der Waals surface area (Å²) in [5.74, 6) is 1.48. The van der Waals surface area contributed by atoms with Crippen molar-refractivity contribution in [3.63, 3.8) is 0 Å². The van der Waals surface area contributed by atoms with Crippen molar-refractivity contribution in [1.82, 2.24) is 19.9 Å². The molecule has 2 heterocycles. The van der Waals surface area contributed by atoms with Crippen molar-refractivity contribution in [3.05, 3.63) is 6.33 Å². The van der Waals surface area contributed by atoms with Gasteiger partial charge in [0.05, 0.1) is 0 Å². The summed E-state index contributed by atoms with van der Waals surface area (Å²) < 4.78 is 0. The van der Waals surface area contributed by atoms with E-state index in [1.165, 1.54) is 0 Å². The number of likely N-dealkylation sites (N-methyl/N-ethyl adjacent to an activating group) is 1. The van der Waals surface area contributed by atoms with Crippen LogP contribution < -0.4 is 16.1 Å². The summed E-state index contributed by atoms with van der Waals surface area (Å²) in [6, 6.07) is 0. The lowest BCUT2D eigenvalue weighted by molar-refractivity contribution is 0.312. The van der Waals surface area contributed by atoms with E-state index in [-0.39, 0.29) is 0 Å². The smallest absolute Gasteiger partial charge is 0.169 e. The second-order valence-electron chi connectivity index (χ2n) is 4.76. The van der Waals surface area contributed by atoms with Crippen molar-refractivity contribution >= 4 is 17.3 Å². The van der Waals surface area contributed by atoms with Crippen molar-refractivity contribution in [3.8, 4) is 0 Å². The number of nitrogens with one attached hydrogen (secondary N) is 1. The second-order valence-corrected chi connectivity index (χ2v) is 4.76. The van der Waals surface area contributed by atoms with E-state index in [2.05, 4.69) is 32.2 Å². The first-order valence-electron chi connectivity index (χ1n) is 6.06. The Labute approximate surface area is 108 Å². The Hall–Kier alpha value is -1.60. The highest BCUT2D eigenvalue weighted by Gasteiger charge is 2.19. The minimum atomic E-state index is 0.607. The van der Waals surface area contributed by atoms with Crippen LogP contribution in [0.5, 0.6) is 0 Å². The van der Waals surface area contributed by atoms with Gasteiger partial charge in [-0.1, -0.05) is 0 Å². The van der Waals surface area contributed by atoms with Crippen LogP contribution in [-0.2, 0) is 0 Å². The zero-order valence-corrected chi connectivity index (χ0v) is 11.2. The Balaban J connectivity index is 2.17. The van der Waals surface area contributed by atoms with Crippen LogP contribution in [0.25, 0.3) is 0 Å². The Morgan fingerprint density at radius 2 is 1.89 bits per heavy atom. The van der Waals surface area contributed by atoms with E-state index in [1.807, 2.05) is 19.1 Å². The molecular weight excluding hydrogens is 230 g/mol. The molecule has 0 aliphatic carbocycles. The lowest BCUT2D eigenvalue weighted by Gasteiger charge is -2.34. The van der Waals surface area contributed by atoms with Crippen LogP contribution >= 0.6 is 0 Å². The SMILES string of the molecule is CN1CCN(c2ncnc(NN(C)C)c2N)CC1. The normalized spacial score (nSPS) is 17.2. The number of piperazine rings is 1. The molecule has 0 atom stereocenters. The maximum atomic E-state index is 6.13. The molecule has 0 bridgehead atoms. The van der Waals surface area contributed by atoms with E-state index in [9.17, 15) is 0 Å². The zero-order chi connectivity index (χ0) is 13.1. The summed E-state index contributed by atoms with van der Waals surface area (Å²) in [4.78, 5) is 13.0. The summed E-state index contributed by atoms with van der Waals surface area (Å²) in [5.41, 5.74) is 9.82. The molecule has 1 aromatic rings. The first-order chi connectivity index (χ1) is 8.58. The minimum absolute atomic E-state index is 0.607. The van der Waals surface area contributed by atoms with Gasteiger partial charge >= 0.3 is 0 Å². The van der Waals surface area contributed by atoms with Gasteiger partial charge in [-0.05, 0) is 7.05 Å². The third kappa shape index (κ3) is 2.80. The van der Waals surface area contributed by atoms with Crippen LogP contribution in [0.3, 0.4) is 0 Å². The average Bonchev–Trinajstić information content (AvgIpc) is 2.33. The first kappa shape index (κ1) is 12.8. The van der Waals surface area contributed by atoms with Gasteiger partial charge < -0.3 is 21.0 Å². The molecule has 3 N–H and O–H groups in total. The fraction of sp³-hybridized carbons (Fsp3) is 0.636. The molecule has 1 saturated heterocycles. The second kappa shape index (κ2) is 5.36. The molecule has 100 valence electrons. The predicted octanol–water partition coefficient (Wildman–Crippen LogP) is -0.301. The quantitative estimate of drug-likeness (QED) is 0.714. The van der Waals surface area contributed by atoms with Crippen molar-refractivity contribution in [2.24, 2.45) is 0 Å². The highest BCUT2D eigenvalue weighted by molar-refractivity contribution is 5.74. The number of anilines is 3. The summed E-state index contributed by atoms with van der Waals surface area (Å²) in [6.45, 7) is 3.94. The summed E-state index contributed by atoms with van der Waals surface area (Å²) >= 11 is 0. The number of nitrogens with two attached hydrogens (primary N) is 1. The topological polar surface area (TPSA) is 73.6 Å². The van der Waals surface area contributed by atoms with Gasteiger partial charge in [-0.2, -0.15) is 0 Å². The van der Waals surface area contributed by atoms with E-state index >= 15 is 0 Å². The Morgan fingerprint density at radius 3 is 2.50 bits per heavy atom. The van der Waals surface area contributed by atoms with Crippen LogP contribution in [0.4, 0.5) is 17.3 Å². The summed E-state index contributed by atoms with van der Waals surface area (Å²) in [5, 5.41) is 1.81. The summed E-state index contributed by atoms with van der Waals surface area (Å²) in [6.07, 6.45) is 1.55. The molecule has 0 saturated carbocycles. The van der Waals surface area contributed by atoms with Gasteiger partial charge in [0.1, 0.15) is 12.0 Å². The van der Waals surface area contributed by atoms with Gasteiger partial charge in [-0.15, -0.1) is 0 Å². The van der Waals surface area contributed by atoms with Crippen molar-refractivity contribution in [2.45, 2.75) is 0 Å². The molecule has 2 rings (SSSR count). The molecule has 1 aromatic heterocycles. The maximum absolute atomic E-state index is 6.13. The van der Waals surface area contributed by atoms with Crippen molar-refractivity contribution in [1.29, 1.82) is 0 Å². The van der Waals surface area contributed by atoms with Crippen LogP contribution in [-0.4, -0.2) is 67.2 Å². The van der Waals surface area contributed by atoms with Crippen molar-refractivity contribution < 1.29 is 0 Å². The van der Waals surface area contributed by atoms with Gasteiger partial charge in [0.2, 0.25) is 0 Å². The molecule has 7 nitrogen and oxygen atoms in total. The highest BCUT2D eigenvalue weighted by atomic mass is 15.5.